The molecule has 4 nitrogen and oxygen atoms in total. The molecule has 0 radical (unpaired) electrons. The summed E-state index contributed by atoms with van der Waals surface area (Å²) in [5.41, 5.74) is 7.07. The van der Waals surface area contributed by atoms with Crippen molar-refractivity contribution in [3.8, 4) is 0 Å². The molecule has 1 saturated heterocycles. The lowest BCUT2D eigenvalue weighted by atomic mass is 9.91. The van der Waals surface area contributed by atoms with E-state index in [-0.39, 0.29) is 5.91 Å². The molecular weight excluding hydrogens is 238 g/mol. The minimum atomic E-state index is 0.230. The summed E-state index contributed by atoms with van der Waals surface area (Å²) in [7, 11) is 0. The van der Waals surface area contributed by atoms with Gasteiger partial charge < -0.3 is 10.6 Å². The third kappa shape index (κ3) is 2.57. The van der Waals surface area contributed by atoms with Crippen LogP contribution in [0.1, 0.15) is 37.8 Å². The lowest BCUT2D eigenvalue weighted by Crippen LogP contribution is -2.46. The summed E-state index contributed by atoms with van der Waals surface area (Å²) in [6, 6.07) is 4.16. The highest BCUT2D eigenvalue weighted by Gasteiger charge is 2.37. The van der Waals surface area contributed by atoms with Gasteiger partial charge in [-0.05, 0) is 43.7 Å². The zero-order chi connectivity index (χ0) is 13.2. The summed E-state index contributed by atoms with van der Waals surface area (Å²) in [4.78, 5) is 18.8. The number of hydrogen-bond donors (Lipinski definition) is 1. The molecule has 2 heterocycles. The highest BCUT2D eigenvalue weighted by molar-refractivity contribution is 5.79. The van der Waals surface area contributed by atoms with Crippen molar-refractivity contribution < 1.29 is 4.79 Å². The van der Waals surface area contributed by atoms with Gasteiger partial charge in [0.15, 0.2) is 0 Å². The van der Waals surface area contributed by atoms with Crippen LogP contribution in [-0.2, 0) is 11.2 Å². The number of piperidine rings is 1. The van der Waals surface area contributed by atoms with Crippen LogP contribution in [-0.4, -0.2) is 28.4 Å². The summed E-state index contributed by atoms with van der Waals surface area (Å²) < 4.78 is 0. The summed E-state index contributed by atoms with van der Waals surface area (Å²) >= 11 is 0. The molecule has 1 saturated carbocycles. The fourth-order valence-corrected chi connectivity index (χ4v) is 3.56. The standard InChI is InChI=1S/C15H21N3O/c16-12-6-7-13(17-10-12)9-15(19)18-8-2-4-11-3-1-5-14(11)18/h6-7,10-11,14H,1-5,8-9,16H2. The molecule has 2 fully saturated rings. The van der Waals surface area contributed by atoms with Crippen molar-refractivity contribution in [1.82, 2.24) is 9.88 Å². The van der Waals surface area contributed by atoms with Crippen molar-refractivity contribution in [2.24, 2.45) is 5.92 Å². The summed E-state index contributed by atoms with van der Waals surface area (Å²) in [5.74, 6) is 0.978. The van der Waals surface area contributed by atoms with Gasteiger partial charge in [0.25, 0.3) is 0 Å². The van der Waals surface area contributed by atoms with Gasteiger partial charge in [0.05, 0.1) is 18.3 Å². The van der Waals surface area contributed by atoms with E-state index >= 15 is 0 Å². The molecule has 2 aliphatic rings. The van der Waals surface area contributed by atoms with E-state index in [1.807, 2.05) is 12.1 Å². The molecule has 0 bridgehead atoms. The highest BCUT2D eigenvalue weighted by atomic mass is 16.2. The largest absolute Gasteiger partial charge is 0.397 e. The van der Waals surface area contributed by atoms with Gasteiger partial charge in [-0.25, -0.2) is 0 Å². The number of anilines is 1. The summed E-state index contributed by atoms with van der Waals surface area (Å²) in [6.07, 6.45) is 8.25. The SMILES string of the molecule is Nc1ccc(CC(=O)N2CCCC3CCCC32)nc1. The molecule has 2 N–H and O–H groups in total. The molecular formula is C15H21N3O. The number of nitrogens with zero attached hydrogens (tertiary/aromatic N) is 2. The molecule has 4 heteroatoms. The smallest absolute Gasteiger partial charge is 0.228 e. The van der Waals surface area contributed by atoms with E-state index in [0.29, 0.717) is 18.2 Å². The van der Waals surface area contributed by atoms with Crippen molar-refractivity contribution in [1.29, 1.82) is 0 Å². The number of carbonyl (C=O) groups is 1. The fraction of sp³-hybridized carbons (Fsp3) is 0.600. The Kier molecular flexibility index (Phi) is 3.40. The number of carbonyl (C=O) groups excluding carboxylic acids is 1. The van der Waals surface area contributed by atoms with Gasteiger partial charge >= 0.3 is 0 Å². The Morgan fingerprint density at radius 2 is 2.16 bits per heavy atom. The molecule has 1 aliphatic carbocycles. The number of aromatic nitrogens is 1. The van der Waals surface area contributed by atoms with Crippen LogP contribution in [0.5, 0.6) is 0 Å². The first-order valence-corrected chi connectivity index (χ1v) is 7.24. The number of fused-ring (bicyclic) bond motifs is 1. The van der Waals surface area contributed by atoms with E-state index in [4.69, 9.17) is 5.73 Å². The van der Waals surface area contributed by atoms with Crippen molar-refractivity contribution >= 4 is 11.6 Å². The maximum absolute atomic E-state index is 12.4. The van der Waals surface area contributed by atoms with Crippen LogP contribution < -0.4 is 5.73 Å². The Hall–Kier alpha value is -1.58. The van der Waals surface area contributed by atoms with Crippen LogP contribution in [0.4, 0.5) is 5.69 Å². The Labute approximate surface area is 114 Å². The summed E-state index contributed by atoms with van der Waals surface area (Å²) in [6.45, 7) is 0.926. The first kappa shape index (κ1) is 12.5. The van der Waals surface area contributed by atoms with Crippen molar-refractivity contribution in [3.63, 3.8) is 0 Å². The number of nitrogen functional groups attached to an aromatic ring is 1. The van der Waals surface area contributed by atoms with E-state index in [0.717, 1.165) is 24.6 Å². The minimum absolute atomic E-state index is 0.230. The maximum Gasteiger partial charge on any atom is 0.228 e. The van der Waals surface area contributed by atoms with Gasteiger partial charge in [-0.2, -0.15) is 0 Å². The number of likely N-dealkylation sites (tertiary alicyclic amines) is 1. The highest BCUT2D eigenvalue weighted by Crippen LogP contribution is 2.36. The van der Waals surface area contributed by atoms with Gasteiger partial charge in [0.2, 0.25) is 5.91 Å². The zero-order valence-corrected chi connectivity index (χ0v) is 11.2. The third-order valence-electron chi connectivity index (χ3n) is 4.49. The average molecular weight is 259 g/mol. The molecule has 1 aliphatic heterocycles. The van der Waals surface area contributed by atoms with Gasteiger partial charge in [-0.1, -0.05) is 6.42 Å². The number of pyridine rings is 1. The molecule has 3 rings (SSSR count). The van der Waals surface area contributed by atoms with E-state index in [2.05, 4.69) is 9.88 Å². The first-order valence-electron chi connectivity index (χ1n) is 7.24. The first-order chi connectivity index (χ1) is 9.24. The molecule has 1 amide bonds. The van der Waals surface area contributed by atoms with Crippen LogP contribution in [0.15, 0.2) is 18.3 Å². The average Bonchev–Trinajstić information content (AvgIpc) is 2.89. The van der Waals surface area contributed by atoms with Crippen LogP contribution in [0.2, 0.25) is 0 Å². The van der Waals surface area contributed by atoms with Gasteiger partial charge in [-0.3, -0.25) is 9.78 Å². The molecule has 1 aromatic heterocycles. The number of rotatable bonds is 2. The third-order valence-corrected chi connectivity index (χ3v) is 4.49. The zero-order valence-electron chi connectivity index (χ0n) is 11.2. The normalized spacial score (nSPS) is 26.2. The second-order valence-electron chi connectivity index (χ2n) is 5.75. The molecule has 0 aromatic carbocycles. The lowest BCUT2D eigenvalue weighted by molar-refractivity contribution is -0.135. The Morgan fingerprint density at radius 3 is 2.95 bits per heavy atom. The Bertz CT molecular complexity index is 457. The van der Waals surface area contributed by atoms with Gasteiger partial charge in [0.1, 0.15) is 0 Å². The van der Waals surface area contributed by atoms with Crippen LogP contribution in [0.3, 0.4) is 0 Å². The number of amides is 1. The van der Waals surface area contributed by atoms with Crippen LogP contribution in [0, 0.1) is 5.92 Å². The fourth-order valence-electron chi connectivity index (χ4n) is 3.56. The second-order valence-corrected chi connectivity index (χ2v) is 5.75. The van der Waals surface area contributed by atoms with Crippen LogP contribution >= 0.6 is 0 Å². The minimum Gasteiger partial charge on any atom is -0.397 e. The lowest BCUT2D eigenvalue weighted by Gasteiger charge is -2.37. The van der Waals surface area contributed by atoms with E-state index < -0.39 is 0 Å². The van der Waals surface area contributed by atoms with Gasteiger partial charge in [-0.15, -0.1) is 0 Å². The van der Waals surface area contributed by atoms with Crippen molar-refractivity contribution in [3.05, 3.63) is 24.0 Å². The number of hydrogen-bond acceptors (Lipinski definition) is 3. The topological polar surface area (TPSA) is 59.2 Å². The maximum atomic E-state index is 12.4. The predicted molar refractivity (Wildman–Crippen MR) is 74.4 cm³/mol. The molecule has 19 heavy (non-hydrogen) atoms. The van der Waals surface area contributed by atoms with Crippen molar-refractivity contribution in [2.45, 2.75) is 44.6 Å². The predicted octanol–water partition coefficient (Wildman–Crippen LogP) is 2.00. The van der Waals surface area contributed by atoms with Crippen LogP contribution in [0.25, 0.3) is 0 Å². The van der Waals surface area contributed by atoms with E-state index in [1.54, 1.807) is 6.20 Å². The van der Waals surface area contributed by atoms with E-state index in [9.17, 15) is 4.79 Å². The number of nitrogens with two attached hydrogens (primary N) is 1. The summed E-state index contributed by atoms with van der Waals surface area (Å²) in [5, 5.41) is 0. The molecule has 2 unspecified atom stereocenters. The second kappa shape index (κ2) is 5.19. The molecule has 0 spiro atoms. The molecule has 2 atom stereocenters. The monoisotopic (exact) mass is 259 g/mol. The van der Waals surface area contributed by atoms with Crippen molar-refractivity contribution in [2.75, 3.05) is 12.3 Å². The van der Waals surface area contributed by atoms with Gasteiger partial charge in [0, 0.05) is 18.3 Å². The quantitative estimate of drug-likeness (QED) is 0.883. The Balaban J connectivity index is 1.67. The van der Waals surface area contributed by atoms with E-state index in [1.165, 1.54) is 25.7 Å². The molecule has 1 aromatic rings. The molecule has 102 valence electrons. The Morgan fingerprint density at radius 1 is 1.32 bits per heavy atom.